The Morgan fingerprint density at radius 3 is 2.94 bits per heavy atom. The van der Waals surface area contributed by atoms with Crippen molar-refractivity contribution in [3.8, 4) is 11.5 Å². The van der Waals surface area contributed by atoms with Gasteiger partial charge in [-0.05, 0) is 12.1 Å². The van der Waals surface area contributed by atoms with Crippen molar-refractivity contribution in [1.29, 1.82) is 0 Å². The van der Waals surface area contributed by atoms with Crippen molar-refractivity contribution >= 4 is 17.5 Å². The fourth-order valence-corrected chi connectivity index (χ4v) is 1.53. The zero-order chi connectivity index (χ0) is 11.4. The molecule has 0 fully saturated rings. The Kier molecular flexibility index (Phi) is 3.51. The average Bonchev–Trinajstić information content (AvgIpc) is 2.35. The van der Waals surface area contributed by atoms with Crippen LogP contribution < -0.4 is 14.8 Å². The Morgan fingerprint density at radius 2 is 2.19 bits per heavy atom. The van der Waals surface area contributed by atoms with Crippen LogP contribution in [0, 0.1) is 0 Å². The minimum atomic E-state index is -0.205. The van der Waals surface area contributed by atoms with Crippen LogP contribution in [0.5, 0.6) is 11.5 Å². The molecule has 1 aliphatic rings. The summed E-state index contributed by atoms with van der Waals surface area (Å²) in [6, 6.07) is 7.45. The SMILES string of the molecule is O=C(CCl)NCC1COc2ccccc2O1. The van der Waals surface area contributed by atoms with Gasteiger partial charge < -0.3 is 14.8 Å². The Labute approximate surface area is 98.5 Å². The van der Waals surface area contributed by atoms with E-state index < -0.39 is 0 Å². The second kappa shape index (κ2) is 5.07. The second-order valence-electron chi connectivity index (χ2n) is 3.44. The van der Waals surface area contributed by atoms with E-state index in [2.05, 4.69) is 5.32 Å². The first-order valence-electron chi connectivity index (χ1n) is 5.00. The van der Waals surface area contributed by atoms with Crippen molar-refractivity contribution in [3.05, 3.63) is 24.3 Å². The first kappa shape index (κ1) is 11.1. The molecule has 1 heterocycles. The number of nitrogens with one attached hydrogen (secondary N) is 1. The lowest BCUT2D eigenvalue weighted by atomic mass is 10.2. The van der Waals surface area contributed by atoms with Gasteiger partial charge in [-0.15, -0.1) is 11.6 Å². The van der Waals surface area contributed by atoms with Crippen molar-refractivity contribution in [2.24, 2.45) is 0 Å². The Hall–Kier alpha value is -1.42. The van der Waals surface area contributed by atoms with E-state index in [4.69, 9.17) is 21.1 Å². The van der Waals surface area contributed by atoms with Gasteiger partial charge in [0, 0.05) is 0 Å². The van der Waals surface area contributed by atoms with Crippen molar-refractivity contribution in [1.82, 2.24) is 5.32 Å². The molecule has 2 rings (SSSR count). The highest BCUT2D eigenvalue weighted by Crippen LogP contribution is 2.30. The summed E-state index contributed by atoms with van der Waals surface area (Å²) in [4.78, 5) is 11.0. The van der Waals surface area contributed by atoms with E-state index in [0.717, 1.165) is 5.75 Å². The summed E-state index contributed by atoms with van der Waals surface area (Å²) < 4.78 is 11.1. The van der Waals surface area contributed by atoms with Crippen LogP contribution in [0.25, 0.3) is 0 Å². The van der Waals surface area contributed by atoms with Gasteiger partial charge in [0.1, 0.15) is 18.6 Å². The van der Waals surface area contributed by atoms with E-state index in [1.54, 1.807) is 0 Å². The van der Waals surface area contributed by atoms with E-state index in [-0.39, 0.29) is 17.9 Å². The zero-order valence-electron chi connectivity index (χ0n) is 8.61. The lowest BCUT2D eigenvalue weighted by Gasteiger charge is -2.26. The summed E-state index contributed by atoms with van der Waals surface area (Å²) in [6.45, 7) is 0.833. The fraction of sp³-hybridized carbons (Fsp3) is 0.364. The van der Waals surface area contributed by atoms with Crippen molar-refractivity contribution in [2.75, 3.05) is 19.0 Å². The normalized spacial score (nSPS) is 17.9. The minimum absolute atomic E-state index is 0.0375. The highest BCUT2D eigenvalue weighted by atomic mass is 35.5. The third-order valence-electron chi connectivity index (χ3n) is 2.22. The number of hydrogen-bond acceptors (Lipinski definition) is 3. The molecule has 16 heavy (non-hydrogen) atoms. The largest absolute Gasteiger partial charge is 0.486 e. The predicted octanol–water partition coefficient (Wildman–Crippen LogP) is 1.18. The van der Waals surface area contributed by atoms with Gasteiger partial charge in [-0.2, -0.15) is 0 Å². The molecule has 0 saturated heterocycles. The molecule has 0 spiro atoms. The fourth-order valence-electron chi connectivity index (χ4n) is 1.44. The number of carbonyl (C=O) groups is 1. The average molecular weight is 242 g/mol. The van der Waals surface area contributed by atoms with Crippen LogP contribution in [0.2, 0.25) is 0 Å². The maximum absolute atomic E-state index is 11.0. The number of fused-ring (bicyclic) bond motifs is 1. The molecule has 0 saturated carbocycles. The third-order valence-corrected chi connectivity index (χ3v) is 2.46. The van der Waals surface area contributed by atoms with Crippen LogP contribution in [0.15, 0.2) is 24.3 Å². The molecule has 1 aromatic carbocycles. The number of ether oxygens (including phenoxy) is 2. The molecule has 1 atom stereocenters. The lowest BCUT2D eigenvalue weighted by Crippen LogP contribution is -2.41. The van der Waals surface area contributed by atoms with Crippen LogP contribution in [0.3, 0.4) is 0 Å². The molecule has 1 aliphatic heterocycles. The van der Waals surface area contributed by atoms with Crippen LogP contribution in [0.4, 0.5) is 0 Å². The number of amides is 1. The highest BCUT2D eigenvalue weighted by Gasteiger charge is 2.20. The quantitative estimate of drug-likeness (QED) is 0.809. The van der Waals surface area contributed by atoms with Crippen LogP contribution >= 0.6 is 11.6 Å². The Morgan fingerprint density at radius 1 is 1.44 bits per heavy atom. The summed E-state index contributed by atoms with van der Waals surface area (Å²) in [5, 5.41) is 2.66. The lowest BCUT2D eigenvalue weighted by molar-refractivity contribution is -0.119. The van der Waals surface area contributed by atoms with E-state index in [9.17, 15) is 4.79 Å². The minimum Gasteiger partial charge on any atom is -0.486 e. The number of para-hydroxylation sites is 2. The van der Waals surface area contributed by atoms with Gasteiger partial charge >= 0.3 is 0 Å². The molecule has 4 nitrogen and oxygen atoms in total. The molecule has 0 aromatic heterocycles. The maximum atomic E-state index is 11.0. The molecule has 1 aromatic rings. The smallest absolute Gasteiger partial charge is 0.235 e. The second-order valence-corrected chi connectivity index (χ2v) is 3.70. The number of halogens is 1. The van der Waals surface area contributed by atoms with Gasteiger partial charge in [0.2, 0.25) is 5.91 Å². The molecule has 1 N–H and O–H groups in total. The van der Waals surface area contributed by atoms with Crippen molar-refractivity contribution < 1.29 is 14.3 Å². The first-order valence-corrected chi connectivity index (χ1v) is 5.54. The molecule has 1 amide bonds. The molecule has 5 heteroatoms. The molecule has 1 unspecified atom stereocenters. The topological polar surface area (TPSA) is 47.6 Å². The summed E-state index contributed by atoms with van der Waals surface area (Å²) in [5.74, 6) is 1.20. The molecule has 0 aliphatic carbocycles. The van der Waals surface area contributed by atoms with Gasteiger partial charge in [0.25, 0.3) is 0 Å². The number of hydrogen-bond donors (Lipinski definition) is 1. The van der Waals surface area contributed by atoms with E-state index in [1.807, 2.05) is 24.3 Å². The summed E-state index contributed by atoms with van der Waals surface area (Å²) in [5.41, 5.74) is 0. The molecular formula is C11H12ClNO3. The van der Waals surface area contributed by atoms with E-state index >= 15 is 0 Å². The molecular weight excluding hydrogens is 230 g/mol. The first-order chi connectivity index (χ1) is 7.79. The van der Waals surface area contributed by atoms with Gasteiger partial charge in [0.15, 0.2) is 11.5 Å². The van der Waals surface area contributed by atoms with Crippen molar-refractivity contribution in [2.45, 2.75) is 6.10 Å². The van der Waals surface area contributed by atoms with Gasteiger partial charge in [0.05, 0.1) is 6.54 Å². The number of alkyl halides is 1. The highest BCUT2D eigenvalue weighted by molar-refractivity contribution is 6.27. The van der Waals surface area contributed by atoms with Crippen LogP contribution in [-0.2, 0) is 4.79 Å². The summed E-state index contributed by atoms with van der Waals surface area (Å²) in [6.07, 6.45) is -0.165. The molecule has 0 bridgehead atoms. The number of rotatable bonds is 3. The maximum Gasteiger partial charge on any atom is 0.235 e. The van der Waals surface area contributed by atoms with Gasteiger partial charge in [-0.1, -0.05) is 12.1 Å². The van der Waals surface area contributed by atoms with Crippen LogP contribution in [-0.4, -0.2) is 31.0 Å². The summed E-state index contributed by atoms with van der Waals surface area (Å²) in [7, 11) is 0. The van der Waals surface area contributed by atoms with Crippen LogP contribution in [0.1, 0.15) is 0 Å². The number of carbonyl (C=O) groups excluding carboxylic acids is 1. The van der Waals surface area contributed by atoms with Gasteiger partial charge in [-0.25, -0.2) is 0 Å². The van der Waals surface area contributed by atoms with E-state index in [0.29, 0.717) is 18.9 Å². The van der Waals surface area contributed by atoms with Crippen molar-refractivity contribution in [3.63, 3.8) is 0 Å². The third kappa shape index (κ3) is 2.58. The standard InChI is InChI=1S/C11H12ClNO3/c12-5-11(14)13-6-8-7-15-9-3-1-2-4-10(9)16-8/h1-4,8H,5-7H2,(H,13,14). The predicted molar refractivity (Wildman–Crippen MR) is 60.1 cm³/mol. The summed E-state index contributed by atoms with van der Waals surface area (Å²) >= 11 is 5.37. The zero-order valence-corrected chi connectivity index (χ0v) is 9.37. The molecule has 0 radical (unpaired) electrons. The molecule has 86 valence electrons. The van der Waals surface area contributed by atoms with E-state index in [1.165, 1.54) is 0 Å². The Balaban J connectivity index is 1.90. The number of benzene rings is 1. The monoisotopic (exact) mass is 241 g/mol. The Bertz CT molecular complexity index is 383. The van der Waals surface area contributed by atoms with Gasteiger partial charge in [-0.3, -0.25) is 4.79 Å².